The quantitative estimate of drug-likeness (QED) is 0.899. The molecule has 118 valence electrons. The van der Waals surface area contributed by atoms with Crippen LogP contribution in [0.3, 0.4) is 0 Å². The van der Waals surface area contributed by atoms with Crippen molar-refractivity contribution in [2.45, 2.75) is 58.0 Å². The first-order valence-corrected chi connectivity index (χ1v) is 7.52. The average molecular weight is 311 g/mol. The first-order valence-electron chi connectivity index (χ1n) is 7.52. The van der Waals surface area contributed by atoms with Crippen molar-refractivity contribution in [2.24, 2.45) is 0 Å². The molecule has 1 aromatic carbocycles. The van der Waals surface area contributed by atoms with Crippen LogP contribution in [0.5, 0.6) is 0 Å². The molecule has 0 radical (unpaired) electrons. The predicted molar refractivity (Wildman–Crippen MR) is 90.0 cm³/mol. The molecule has 1 amide bonds. The van der Waals surface area contributed by atoms with E-state index in [0.717, 1.165) is 24.9 Å². The van der Waals surface area contributed by atoms with Crippen molar-refractivity contribution >= 4 is 18.3 Å². The number of hydrogen-bond donors (Lipinski definition) is 2. The van der Waals surface area contributed by atoms with Gasteiger partial charge in [-0.2, -0.15) is 0 Å². The largest absolute Gasteiger partial charge is 0.348 e. The average Bonchev–Trinajstić information content (AvgIpc) is 2.91. The maximum atomic E-state index is 12.1. The number of hydrogen-bond acceptors (Lipinski definition) is 2. The third kappa shape index (κ3) is 4.72. The van der Waals surface area contributed by atoms with Gasteiger partial charge in [-0.1, -0.05) is 45.0 Å². The van der Waals surface area contributed by atoms with Gasteiger partial charge in [-0.05, 0) is 42.9 Å². The molecule has 1 aromatic rings. The lowest BCUT2D eigenvalue weighted by Crippen LogP contribution is -2.41. The SMILES string of the molecule is CC(NC(=O)[C@@H]1CCCN1)c1ccc(C(C)(C)C)cc1.Cl. The fourth-order valence-corrected chi connectivity index (χ4v) is 2.58. The summed E-state index contributed by atoms with van der Waals surface area (Å²) in [6.45, 7) is 9.61. The molecule has 1 saturated heterocycles. The number of amides is 1. The molecule has 2 N–H and O–H groups in total. The molecule has 3 nitrogen and oxygen atoms in total. The van der Waals surface area contributed by atoms with Gasteiger partial charge in [-0.25, -0.2) is 0 Å². The highest BCUT2D eigenvalue weighted by Gasteiger charge is 2.23. The van der Waals surface area contributed by atoms with E-state index in [0.29, 0.717) is 0 Å². The fraction of sp³-hybridized carbons (Fsp3) is 0.588. The van der Waals surface area contributed by atoms with Crippen LogP contribution in [0.25, 0.3) is 0 Å². The summed E-state index contributed by atoms with van der Waals surface area (Å²) in [5, 5.41) is 6.33. The summed E-state index contributed by atoms with van der Waals surface area (Å²) in [6, 6.07) is 8.60. The van der Waals surface area contributed by atoms with Gasteiger partial charge < -0.3 is 10.6 Å². The zero-order valence-electron chi connectivity index (χ0n) is 13.4. The second-order valence-electron chi connectivity index (χ2n) is 6.75. The molecule has 0 bridgehead atoms. The summed E-state index contributed by atoms with van der Waals surface area (Å²) in [4.78, 5) is 12.1. The number of halogens is 1. The summed E-state index contributed by atoms with van der Waals surface area (Å²) in [7, 11) is 0. The van der Waals surface area contributed by atoms with E-state index in [1.807, 2.05) is 6.92 Å². The fourth-order valence-electron chi connectivity index (χ4n) is 2.58. The number of carbonyl (C=O) groups is 1. The summed E-state index contributed by atoms with van der Waals surface area (Å²) in [5.74, 6) is 0.120. The van der Waals surface area contributed by atoms with Crippen molar-refractivity contribution in [3.63, 3.8) is 0 Å². The summed E-state index contributed by atoms with van der Waals surface area (Å²) < 4.78 is 0. The Kier molecular flexibility index (Phi) is 6.24. The summed E-state index contributed by atoms with van der Waals surface area (Å²) in [6.07, 6.45) is 2.04. The van der Waals surface area contributed by atoms with Crippen LogP contribution in [-0.4, -0.2) is 18.5 Å². The second-order valence-corrected chi connectivity index (χ2v) is 6.75. The van der Waals surface area contributed by atoms with Crippen LogP contribution in [0.4, 0.5) is 0 Å². The molecular formula is C17H27ClN2O. The van der Waals surface area contributed by atoms with Gasteiger partial charge >= 0.3 is 0 Å². The smallest absolute Gasteiger partial charge is 0.237 e. The Labute approximate surface area is 134 Å². The number of benzene rings is 1. The number of rotatable bonds is 3. The lowest BCUT2D eigenvalue weighted by Gasteiger charge is -2.21. The third-order valence-electron chi connectivity index (χ3n) is 4.01. The van der Waals surface area contributed by atoms with E-state index in [1.165, 1.54) is 5.56 Å². The molecule has 0 aliphatic carbocycles. The van der Waals surface area contributed by atoms with E-state index in [4.69, 9.17) is 0 Å². The Bertz CT molecular complexity index is 459. The summed E-state index contributed by atoms with van der Waals surface area (Å²) >= 11 is 0. The van der Waals surface area contributed by atoms with Crippen LogP contribution in [-0.2, 0) is 10.2 Å². The van der Waals surface area contributed by atoms with Gasteiger partial charge in [0.1, 0.15) is 0 Å². The van der Waals surface area contributed by atoms with E-state index in [1.54, 1.807) is 0 Å². The van der Waals surface area contributed by atoms with Gasteiger partial charge in [-0.3, -0.25) is 4.79 Å². The minimum Gasteiger partial charge on any atom is -0.348 e. The van der Waals surface area contributed by atoms with Crippen LogP contribution >= 0.6 is 12.4 Å². The first-order chi connectivity index (χ1) is 9.38. The van der Waals surface area contributed by atoms with Crippen molar-refractivity contribution in [2.75, 3.05) is 6.54 Å². The van der Waals surface area contributed by atoms with Crippen molar-refractivity contribution in [1.29, 1.82) is 0 Å². The molecule has 1 fully saturated rings. The minimum absolute atomic E-state index is 0. The Morgan fingerprint density at radius 3 is 2.38 bits per heavy atom. The predicted octanol–water partition coefficient (Wildman–Crippen LogP) is 3.34. The third-order valence-corrected chi connectivity index (χ3v) is 4.01. The Balaban J connectivity index is 0.00000220. The van der Waals surface area contributed by atoms with Crippen molar-refractivity contribution < 1.29 is 4.79 Å². The van der Waals surface area contributed by atoms with Crippen molar-refractivity contribution in [1.82, 2.24) is 10.6 Å². The molecule has 4 heteroatoms. The Morgan fingerprint density at radius 2 is 1.90 bits per heavy atom. The van der Waals surface area contributed by atoms with E-state index in [9.17, 15) is 4.79 Å². The molecule has 1 unspecified atom stereocenters. The van der Waals surface area contributed by atoms with E-state index in [2.05, 4.69) is 55.7 Å². The molecule has 21 heavy (non-hydrogen) atoms. The van der Waals surface area contributed by atoms with E-state index >= 15 is 0 Å². The first kappa shape index (κ1) is 18.0. The lowest BCUT2D eigenvalue weighted by atomic mass is 9.86. The second kappa shape index (κ2) is 7.28. The maximum absolute atomic E-state index is 12.1. The van der Waals surface area contributed by atoms with E-state index in [-0.39, 0.29) is 35.8 Å². The highest BCUT2D eigenvalue weighted by molar-refractivity contribution is 5.85. The minimum atomic E-state index is -0.00806. The van der Waals surface area contributed by atoms with Crippen LogP contribution in [0.15, 0.2) is 24.3 Å². The zero-order chi connectivity index (χ0) is 14.8. The van der Waals surface area contributed by atoms with Crippen molar-refractivity contribution in [3.8, 4) is 0 Å². The Morgan fingerprint density at radius 1 is 1.29 bits per heavy atom. The molecule has 2 rings (SSSR count). The highest BCUT2D eigenvalue weighted by atomic mass is 35.5. The van der Waals surface area contributed by atoms with Gasteiger partial charge in [0.2, 0.25) is 5.91 Å². The molecule has 1 heterocycles. The Hall–Kier alpha value is -1.06. The van der Waals surface area contributed by atoms with Gasteiger partial charge in [0.15, 0.2) is 0 Å². The van der Waals surface area contributed by atoms with Gasteiger partial charge in [0, 0.05) is 0 Å². The maximum Gasteiger partial charge on any atom is 0.237 e. The van der Waals surface area contributed by atoms with Crippen LogP contribution in [0.2, 0.25) is 0 Å². The topological polar surface area (TPSA) is 41.1 Å². The summed E-state index contributed by atoms with van der Waals surface area (Å²) in [5.41, 5.74) is 2.64. The monoisotopic (exact) mass is 310 g/mol. The highest BCUT2D eigenvalue weighted by Crippen LogP contribution is 2.24. The lowest BCUT2D eigenvalue weighted by molar-refractivity contribution is -0.123. The van der Waals surface area contributed by atoms with Gasteiger partial charge in [0.05, 0.1) is 12.1 Å². The normalized spacial score (nSPS) is 19.7. The molecule has 1 aliphatic heterocycles. The molecule has 2 atom stereocenters. The van der Waals surface area contributed by atoms with Crippen LogP contribution in [0, 0.1) is 0 Å². The molecule has 0 saturated carbocycles. The standard InChI is InChI=1S/C17H26N2O.ClH/c1-12(19-16(20)15-6-5-11-18-15)13-7-9-14(10-8-13)17(2,3)4;/h7-10,12,15,18H,5-6,11H2,1-4H3,(H,19,20);1H/t12?,15-;/m0./s1. The van der Waals surface area contributed by atoms with Gasteiger partial charge in [0.25, 0.3) is 0 Å². The molecule has 0 spiro atoms. The number of carbonyl (C=O) groups excluding carboxylic acids is 1. The van der Waals surface area contributed by atoms with Crippen LogP contribution in [0.1, 0.15) is 57.7 Å². The molecule has 1 aliphatic rings. The van der Waals surface area contributed by atoms with Crippen molar-refractivity contribution in [3.05, 3.63) is 35.4 Å². The van der Waals surface area contributed by atoms with E-state index < -0.39 is 0 Å². The zero-order valence-corrected chi connectivity index (χ0v) is 14.2. The van der Waals surface area contributed by atoms with Gasteiger partial charge in [-0.15, -0.1) is 12.4 Å². The molecular weight excluding hydrogens is 284 g/mol. The van der Waals surface area contributed by atoms with Crippen LogP contribution < -0.4 is 10.6 Å². The number of nitrogens with one attached hydrogen (secondary N) is 2. The molecule has 0 aromatic heterocycles.